The first-order chi connectivity index (χ1) is 8.63. The third-order valence-corrected chi connectivity index (χ3v) is 2.74. The molecule has 1 saturated heterocycles. The van der Waals surface area contributed by atoms with Crippen molar-refractivity contribution in [3.8, 4) is 5.75 Å². The molecular formula is C11H15NO6. The van der Waals surface area contributed by atoms with E-state index < -0.39 is 37.3 Å². The lowest BCUT2D eigenvalue weighted by Crippen LogP contribution is -2.60. The average molecular weight is 257 g/mol. The molecule has 4 N–H and O–H groups in total. The summed E-state index contributed by atoms with van der Waals surface area (Å²) < 4.78 is 10.5. The first kappa shape index (κ1) is 13.2. The molecule has 1 aromatic heterocycles. The second-order valence-electron chi connectivity index (χ2n) is 4.00. The first-order valence-corrected chi connectivity index (χ1v) is 5.50. The molecule has 1 aliphatic heterocycles. The molecule has 2 heterocycles. The summed E-state index contributed by atoms with van der Waals surface area (Å²) in [5, 5.41) is 37.9. The van der Waals surface area contributed by atoms with Crippen LogP contribution in [-0.2, 0) is 4.74 Å². The summed E-state index contributed by atoms with van der Waals surface area (Å²) in [4.78, 5) is 3.82. The minimum absolute atomic E-state index is 0.349. The predicted octanol–water partition coefficient (Wildman–Crippen LogP) is -1.74. The summed E-state index contributed by atoms with van der Waals surface area (Å²) in [6, 6.07) is 3.24. The second kappa shape index (κ2) is 5.59. The molecule has 1 aromatic rings. The number of nitrogens with zero attached hydrogens (tertiary/aromatic N) is 1. The highest BCUT2D eigenvalue weighted by Gasteiger charge is 2.44. The van der Waals surface area contributed by atoms with E-state index in [0.717, 1.165) is 0 Å². The van der Waals surface area contributed by atoms with Crippen molar-refractivity contribution in [3.63, 3.8) is 0 Å². The Kier molecular flexibility index (Phi) is 4.10. The molecule has 0 bridgehead atoms. The molecule has 2 rings (SSSR count). The fourth-order valence-electron chi connectivity index (χ4n) is 1.72. The Morgan fingerprint density at radius 3 is 2.61 bits per heavy atom. The van der Waals surface area contributed by atoms with Crippen LogP contribution in [0.2, 0.25) is 0 Å². The van der Waals surface area contributed by atoms with Crippen LogP contribution in [0.4, 0.5) is 0 Å². The van der Waals surface area contributed by atoms with Crippen LogP contribution < -0.4 is 4.74 Å². The molecule has 0 saturated carbocycles. The fraction of sp³-hybridized carbons (Fsp3) is 0.545. The molecule has 0 spiro atoms. The van der Waals surface area contributed by atoms with Crippen molar-refractivity contribution < 1.29 is 29.9 Å². The van der Waals surface area contributed by atoms with Gasteiger partial charge in [-0.3, -0.25) is 4.98 Å². The van der Waals surface area contributed by atoms with Crippen molar-refractivity contribution in [1.29, 1.82) is 0 Å². The van der Waals surface area contributed by atoms with Crippen molar-refractivity contribution in [2.45, 2.75) is 30.7 Å². The van der Waals surface area contributed by atoms with E-state index in [1.165, 1.54) is 6.20 Å². The predicted molar refractivity (Wildman–Crippen MR) is 58.6 cm³/mol. The van der Waals surface area contributed by atoms with Gasteiger partial charge in [-0.2, -0.15) is 0 Å². The summed E-state index contributed by atoms with van der Waals surface area (Å²) >= 11 is 0. The van der Waals surface area contributed by atoms with Gasteiger partial charge < -0.3 is 29.9 Å². The Bertz CT molecular complexity index is 373. The second-order valence-corrected chi connectivity index (χ2v) is 4.00. The van der Waals surface area contributed by atoms with Gasteiger partial charge in [0.25, 0.3) is 0 Å². The highest BCUT2D eigenvalue weighted by atomic mass is 16.7. The SMILES string of the molecule is OCC1OC(Oc2cccnc2)C(O)[C@@H](O)C1O. The monoisotopic (exact) mass is 257 g/mol. The lowest BCUT2D eigenvalue weighted by Gasteiger charge is -2.39. The van der Waals surface area contributed by atoms with Crippen LogP contribution in [0.15, 0.2) is 24.5 Å². The molecule has 0 aromatic carbocycles. The van der Waals surface area contributed by atoms with E-state index in [2.05, 4.69) is 4.98 Å². The minimum Gasteiger partial charge on any atom is -0.460 e. The van der Waals surface area contributed by atoms with Gasteiger partial charge in [-0.25, -0.2) is 0 Å². The minimum atomic E-state index is -1.45. The normalized spacial score (nSPS) is 36.3. The number of aliphatic hydroxyl groups excluding tert-OH is 4. The molecule has 0 radical (unpaired) electrons. The van der Waals surface area contributed by atoms with Crippen LogP contribution in [-0.4, -0.2) is 62.7 Å². The van der Waals surface area contributed by atoms with Crippen molar-refractivity contribution in [2.75, 3.05) is 6.61 Å². The zero-order valence-electron chi connectivity index (χ0n) is 9.46. The maximum atomic E-state index is 9.72. The Morgan fingerprint density at radius 1 is 1.22 bits per heavy atom. The van der Waals surface area contributed by atoms with Crippen molar-refractivity contribution in [3.05, 3.63) is 24.5 Å². The van der Waals surface area contributed by atoms with Gasteiger partial charge in [0, 0.05) is 6.20 Å². The molecule has 18 heavy (non-hydrogen) atoms. The molecule has 0 aliphatic carbocycles. The Morgan fingerprint density at radius 2 is 2.00 bits per heavy atom. The Labute approximate surface area is 103 Å². The highest BCUT2D eigenvalue weighted by Crippen LogP contribution is 2.23. The fourth-order valence-corrected chi connectivity index (χ4v) is 1.72. The van der Waals surface area contributed by atoms with E-state index in [1.54, 1.807) is 18.3 Å². The van der Waals surface area contributed by atoms with Crippen molar-refractivity contribution >= 4 is 0 Å². The summed E-state index contributed by atoms with van der Waals surface area (Å²) in [5.74, 6) is 0.349. The van der Waals surface area contributed by atoms with Crippen molar-refractivity contribution in [2.24, 2.45) is 0 Å². The summed E-state index contributed by atoms with van der Waals surface area (Å²) in [6.45, 7) is -0.488. The summed E-state index contributed by atoms with van der Waals surface area (Å²) in [5.41, 5.74) is 0. The number of ether oxygens (including phenoxy) is 2. The van der Waals surface area contributed by atoms with Crippen LogP contribution >= 0.6 is 0 Å². The van der Waals surface area contributed by atoms with Gasteiger partial charge >= 0.3 is 0 Å². The Hall–Kier alpha value is -1.25. The van der Waals surface area contributed by atoms with Gasteiger partial charge in [0.15, 0.2) is 0 Å². The lowest BCUT2D eigenvalue weighted by atomic mass is 9.99. The topological polar surface area (TPSA) is 112 Å². The van der Waals surface area contributed by atoms with Crippen LogP contribution in [0.5, 0.6) is 5.75 Å². The maximum absolute atomic E-state index is 9.72. The van der Waals surface area contributed by atoms with Crippen molar-refractivity contribution in [1.82, 2.24) is 4.98 Å². The van der Waals surface area contributed by atoms with E-state index >= 15 is 0 Å². The molecule has 100 valence electrons. The van der Waals surface area contributed by atoms with Crippen LogP contribution in [0.25, 0.3) is 0 Å². The van der Waals surface area contributed by atoms with Gasteiger partial charge in [0.1, 0.15) is 30.2 Å². The van der Waals surface area contributed by atoms with E-state index in [9.17, 15) is 15.3 Å². The number of aromatic nitrogens is 1. The number of aliphatic hydroxyl groups is 4. The molecule has 4 unspecified atom stereocenters. The number of hydrogen-bond donors (Lipinski definition) is 4. The molecule has 1 fully saturated rings. The number of rotatable bonds is 3. The Balaban J connectivity index is 2.08. The molecule has 7 heteroatoms. The number of pyridine rings is 1. The third kappa shape index (κ3) is 2.60. The van der Waals surface area contributed by atoms with Gasteiger partial charge in [-0.1, -0.05) is 0 Å². The molecule has 1 aliphatic rings. The lowest BCUT2D eigenvalue weighted by molar-refractivity contribution is -0.277. The largest absolute Gasteiger partial charge is 0.460 e. The molecule has 7 nitrogen and oxygen atoms in total. The van der Waals surface area contributed by atoms with Gasteiger partial charge in [-0.15, -0.1) is 0 Å². The standard InChI is InChI=1S/C11H15NO6/c13-5-7-8(14)9(15)10(16)11(18-7)17-6-2-1-3-12-4-6/h1-4,7-11,13-16H,5H2/t7?,8?,9-,10?,11?/m0/s1. The quantitative estimate of drug-likeness (QED) is 0.508. The highest BCUT2D eigenvalue weighted by molar-refractivity contribution is 5.16. The van der Waals surface area contributed by atoms with E-state index in [0.29, 0.717) is 5.75 Å². The maximum Gasteiger partial charge on any atom is 0.229 e. The molecular weight excluding hydrogens is 242 g/mol. The van der Waals surface area contributed by atoms with Gasteiger partial charge in [0.05, 0.1) is 12.8 Å². The zero-order chi connectivity index (χ0) is 13.1. The van der Waals surface area contributed by atoms with E-state index in [-0.39, 0.29) is 0 Å². The van der Waals surface area contributed by atoms with Crippen LogP contribution in [0.3, 0.4) is 0 Å². The zero-order valence-corrected chi connectivity index (χ0v) is 9.46. The summed E-state index contributed by atoms with van der Waals surface area (Å²) in [7, 11) is 0. The van der Waals surface area contributed by atoms with Crippen LogP contribution in [0, 0.1) is 0 Å². The van der Waals surface area contributed by atoms with E-state index in [1.807, 2.05) is 0 Å². The smallest absolute Gasteiger partial charge is 0.229 e. The first-order valence-electron chi connectivity index (χ1n) is 5.50. The summed E-state index contributed by atoms with van der Waals surface area (Å²) in [6.07, 6.45) is -3.43. The van der Waals surface area contributed by atoms with E-state index in [4.69, 9.17) is 14.6 Å². The third-order valence-electron chi connectivity index (χ3n) is 2.74. The average Bonchev–Trinajstić information content (AvgIpc) is 2.40. The van der Waals surface area contributed by atoms with Gasteiger partial charge in [0.2, 0.25) is 6.29 Å². The molecule has 0 amide bonds. The number of hydrogen-bond acceptors (Lipinski definition) is 7. The van der Waals surface area contributed by atoms with Crippen LogP contribution in [0.1, 0.15) is 0 Å². The van der Waals surface area contributed by atoms with Gasteiger partial charge in [-0.05, 0) is 12.1 Å². The molecule has 5 atom stereocenters.